The SMILES string of the molecule is CC1(C)C(C=C(Cl)Cl)[C@H]1C(=O)O. The first kappa shape index (κ1) is 9.87. The molecule has 68 valence electrons. The van der Waals surface area contributed by atoms with Gasteiger partial charge in [-0.25, -0.2) is 0 Å². The van der Waals surface area contributed by atoms with Crippen molar-refractivity contribution in [3.8, 4) is 0 Å². The van der Waals surface area contributed by atoms with E-state index < -0.39 is 5.97 Å². The van der Waals surface area contributed by atoms with Crippen molar-refractivity contribution in [3.05, 3.63) is 10.6 Å². The Kier molecular flexibility index (Phi) is 2.41. The van der Waals surface area contributed by atoms with Crippen LogP contribution in [0.5, 0.6) is 0 Å². The molecule has 1 rings (SSSR count). The van der Waals surface area contributed by atoms with Crippen molar-refractivity contribution in [1.29, 1.82) is 0 Å². The summed E-state index contributed by atoms with van der Waals surface area (Å²) in [6, 6.07) is 0. The summed E-state index contributed by atoms with van der Waals surface area (Å²) in [4.78, 5) is 10.7. The maximum atomic E-state index is 10.7. The number of halogens is 2. The van der Waals surface area contributed by atoms with E-state index in [-0.39, 0.29) is 21.7 Å². The Morgan fingerprint density at radius 2 is 2.00 bits per heavy atom. The van der Waals surface area contributed by atoms with E-state index in [1.165, 1.54) is 0 Å². The molecule has 0 spiro atoms. The number of aliphatic carboxylic acids is 1. The second-order valence-corrected chi connectivity index (χ2v) is 4.63. The van der Waals surface area contributed by atoms with Crippen LogP contribution in [0.2, 0.25) is 0 Å². The summed E-state index contributed by atoms with van der Waals surface area (Å²) in [7, 11) is 0. The topological polar surface area (TPSA) is 37.3 Å². The molecule has 1 saturated carbocycles. The van der Waals surface area contributed by atoms with Crippen LogP contribution in [0.25, 0.3) is 0 Å². The minimum atomic E-state index is -0.782. The first-order valence-corrected chi connectivity index (χ1v) is 4.38. The number of hydrogen-bond donors (Lipinski definition) is 1. The molecule has 0 radical (unpaired) electrons. The molecule has 4 heteroatoms. The standard InChI is InChI=1S/C8H10Cl2O2/c1-8(2)4(3-5(9)10)6(8)7(11)12/h3-4,6H,1-2H3,(H,11,12)/t4?,6-/m0/s1. The van der Waals surface area contributed by atoms with Gasteiger partial charge in [0.1, 0.15) is 4.49 Å². The van der Waals surface area contributed by atoms with E-state index in [2.05, 4.69) is 0 Å². The molecule has 1 aliphatic carbocycles. The van der Waals surface area contributed by atoms with Gasteiger partial charge < -0.3 is 5.11 Å². The fourth-order valence-corrected chi connectivity index (χ4v) is 1.87. The second kappa shape index (κ2) is 2.93. The minimum Gasteiger partial charge on any atom is -0.481 e. The second-order valence-electron chi connectivity index (χ2n) is 3.62. The summed E-state index contributed by atoms with van der Waals surface area (Å²) in [5, 5.41) is 8.76. The molecule has 0 aromatic heterocycles. The van der Waals surface area contributed by atoms with E-state index in [9.17, 15) is 4.79 Å². The van der Waals surface area contributed by atoms with Gasteiger partial charge in [0.25, 0.3) is 0 Å². The summed E-state index contributed by atoms with van der Waals surface area (Å²) in [5.41, 5.74) is -0.207. The highest BCUT2D eigenvalue weighted by molar-refractivity contribution is 6.55. The highest BCUT2D eigenvalue weighted by Crippen LogP contribution is 2.59. The van der Waals surface area contributed by atoms with Crippen molar-refractivity contribution in [2.24, 2.45) is 17.3 Å². The Bertz CT molecular complexity index is 241. The molecule has 0 bridgehead atoms. The van der Waals surface area contributed by atoms with Gasteiger partial charge in [0, 0.05) is 0 Å². The van der Waals surface area contributed by atoms with Gasteiger partial charge in [-0.05, 0) is 17.4 Å². The van der Waals surface area contributed by atoms with Crippen LogP contribution in [0.1, 0.15) is 13.8 Å². The molecule has 0 saturated heterocycles. The molecule has 0 aliphatic heterocycles. The summed E-state index contributed by atoms with van der Waals surface area (Å²) >= 11 is 10.9. The minimum absolute atomic E-state index is 0.0278. The summed E-state index contributed by atoms with van der Waals surface area (Å²) in [6.07, 6.45) is 1.60. The number of rotatable bonds is 2. The van der Waals surface area contributed by atoms with Crippen molar-refractivity contribution in [1.82, 2.24) is 0 Å². The number of hydrogen-bond acceptors (Lipinski definition) is 1. The van der Waals surface area contributed by atoms with E-state index in [1.807, 2.05) is 13.8 Å². The zero-order valence-electron chi connectivity index (χ0n) is 6.84. The molecule has 1 N–H and O–H groups in total. The smallest absolute Gasteiger partial charge is 0.307 e. The van der Waals surface area contributed by atoms with Gasteiger partial charge in [0.2, 0.25) is 0 Å². The number of carboxylic acids is 1. The number of allylic oxidation sites excluding steroid dienone is 1. The van der Waals surface area contributed by atoms with Crippen LogP contribution >= 0.6 is 23.2 Å². The molecular formula is C8H10Cl2O2. The molecule has 1 aliphatic rings. The van der Waals surface area contributed by atoms with Crippen molar-refractivity contribution in [2.45, 2.75) is 13.8 Å². The highest BCUT2D eigenvalue weighted by atomic mass is 35.5. The van der Waals surface area contributed by atoms with Crippen molar-refractivity contribution >= 4 is 29.2 Å². The van der Waals surface area contributed by atoms with Gasteiger partial charge in [0.05, 0.1) is 5.92 Å². The maximum absolute atomic E-state index is 10.7. The first-order chi connectivity index (χ1) is 5.37. The zero-order valence-corrected chi connectivity index (χ0v) is 8.36. The third-order valence-corrected chi connectivity index (χ3v) is 2.73. The Balaban J connectivity index is 2.73. The number of carboxylic acid groups (broad SMARTS) is 1. The van der Waals surface area contributed by atoms with E-state index in [1.54, 1.807) is 6.08 Å². The van der Waals surface area contributed by atoms with Gasteiger partial charge >= 0.3 is 5.97 Å². The average Bonchev–Trinajstić information content (AvgIpc) is 2.32. The quantitative estimate of drug-likeness (QED) is 0.758. The predicted molar refractivity (Wildman–Crippen MR) is 48.2 cm³/mol. The third-order valence-electron chi connectivity index (χ3n) is 2.48. The largest absolute Gasteiger partial charge is 0.481 e. The van der Waals surface area contributed by atoms with E-state index in [0.717, 1.165) is 0 Å². The van der Waals surface area contributed by atoms with Crippen molar-refractivity contribution < 1.29 is 9.90 Å². The molecule has 1 unspecified atom stereocenters. The van der Waals surface area contributed by atoms with Gasteiger partial charge in [-0.2, -0.15) is 0 Å². The average molecular weight is 209 g/mol. The summed E-state index contributed by atoms with van der Waals surface area (Å²) in [5.74, 6) is -1.15. The van der Waals surface area contributed by atoms with Crippen molar-refractivity contribution in [3.63, 3.8) is 0 Å². The van der Waals surface area contributed by atoms with E-state index >= 15 is 0 Å². The lowest BCUT2D eigenvalue weighted by molar-refractivity contribution is -0.139. The van der Waals surface area contributed by atoms with Gasteiger partial charge in [-0.3, -0.25) is 4.79 Å². The normalized spacial score (nSPS) is 31.0. The van der Waals surface area contributed by atoms with Crippen LogP contribution in [-0.2, 0) is 4.79 Å². The highest BCUT2D eigenvalue weighted by Gasteiger charge is 2.60. The van der Waals surface area contributed by atoms with Crippen LogP contribution in [0.3, 0.4) is 0 Å². The fraction of sp³-hybridized carbons (Fsp3) is 0.625. The summed E-state index contributed by atoms with van der Waals surface area (Å²) in [6.45, 7) is 3.79. The zero-order chi connectivity index (χ0) is 9.52. The van der Waals surface area contributed by atoms with E-state index in [4.69, 9.17) is 28.3 Å². The molecule has 1 fully saturated rings. The molecule has 12 heavy (non-hydrogen) atoms. The molecule has 2 nitrogen and oxygen atoms in total. The molecule has 0 aromatic carbocycles. The summed E-state index contributed by atoms with van der Waals surface area (Å²) < 4.78 is 0.150. The fourth-order valence-electron chi connectivity index (χ4n) is 1.60. The molecule has 0 amide bonds. The van der Waals surface area contributed by atoms with Crippen LogP contribution in [-0.4, -0.2) is 11.1 Å². The van der Waals surface area contributed by atoms with Crippen LogP contribution in [0.15, 0.2) is 10.6 Å². The lowest BCUT2D eigenvalue weighted by Crippen LogP contribution is -2.02. The van der Waals surface area contributed by atoms with Crippen LogP contribution in [0, 0.1) is 17.3 Å². The lowest BCUT2D eigenvalue weighted by atomic mass is 10.1. The monoisotopic (exact) mass is 208 g/mol. The predicted octanol–water partition coefficient (Wildman–Crippen LogP) is 2.66. The molecule has 2 atom stereocenters. The maximum Gasteiger partial charge on any atom is 0.307 e. The lowest BCUT2D eigenvalue weighted by Gasteiger charge is -1.96. The van der Waals surface area contributed by atoms with Crippen LogP contribution < -0.4 is 0 Å². The van der Waals surface area contributed by atoms with E-state index in [0.29, 0.717) is 0 Å². The van der Waals surface area contributed by atoms with Gasteiger partial charge in [0.15, 0.2) is 0 Å². The van der Waals surface area contributed by atoms with Crippen LogP contribution in [0.4, 0.5) is 0 Å². The Labute approximate surface area is 81.2 Å². The number of carbonyl (C=O) groups is 1. The third kappa shape index (κ3) is 1.59. The molecule has 0 heterocycles. The van der Waals surface area contributed by atoms with Gasteiger partial charge in [-0.1, -0.05) is 37.0 Å². The van der Waals surface area contributed by atoms with Crippen molar-refractivity contribution in [2.75, 3.05) is 0 Å². The molecule has 0 aromatic rings. The Morgan fingerprint density at radius 1 is 1.50 bits per heavy atom. The first-order valence-electron chi connectivity index (χ1n) is 3.63. The Morgan fingerprint density at radius 3 is 2.25 bits per heavy atom. The Hall–Kier alpha value is -0.210. The molecular weight excluding hydrogens is 199 g/mol. The van der Waals surface area contributed by atoms with Gasteiger partial charge in [-0.15, -0.1) is 0 Å².